The van der Waals surface area contributed by atoms with Crippen LogP contribution >= 0.6 is 22.9 Å². The molecule has 0 aliphatic carbocycles. The van der Waals surface area contributed by atoms with Crippen molar-refractivity contribution in [2.45, 2.75) is 0 Å². The van der Waals surface area contributed by atoms with E-state index in [1.54, 1.807) is 4.68 Å². The van der Waals surface area contributed by atoms with Gasteiger partial charge in [-0.25, -0.2) is 4.98 Å². The van der Waals surface area contributed by atoms with Crippen LogP contribution in [0.1, 0.15) is 9.67 Å². The highest BCUT2D eigenvalue weighted by molar-refractivity contribution is 7.19. The Bertz CT molecular complexity index is 492. The van der Waals surface area contributed by atoms with Gasteiger partial charge in [0.25, 0.3) is 5.24 Å². The van der Waals surface area contributed by atoms with Gasteiger partial charge in [-0.2, -0.15) is 5.10 Å². The number of halogens is 1. The minimum absolute atomic E-state index is 0.412. The molecule has 0 aliphatic heterocycles. The van der Waals surface area contributed by atoms with Crippen LogP contribution in [0.15, 0.2) is 18.5 Å². The van der Waals surface area contributed by atoms with Gasteiger partial charge in [0.05, 0.1) is 6.20 Å². The lowest BCUT2D eigenvalue weighted by molar-refractivity contribution is 0.108. The lowest BCUT2D eigenvalue weighted by atomic mass is 10.6. The van der Waals surface area contributed by atoms with Crippen molar-refractivity contribution in [3.8, 4) is 0 Å². The molecule has 0 saturated heterocycles. The molecule has 2 aromatic rings. The van der Waals surface area contributed by atoms with Gasteiger partial charge >= 0.3 is 0 Å². The maximum absolute atomic E-state index is 10.8. The minimum atomic E-state index is -0.499. The lowest BCUT2D eigenvalue weighted by Gasteiger charge is -1.94. The topological polar surface area (TPSA) is 59.8 Å². The molecule has 0 amide bonds. The summed E-state index contributed by atoms with van der Waals surface area (Å²) in [5, 5.41) is 7.18. The second kappa shape index (κ2) is 4.00. The average molecular weight is 243 g/mol. The van der Waals surface area contributed by atoms with Crippen molar-refractivity contribution in [3.05, 3.63) is 23.3 Å². The first kappa shape index (κ1) is 10.1. The molecule has 7 heteroatoms. The van der Waals surface area contributed by atoms with Crippen molar-refractivity contribution in [1.29, 1.82) is 0 Å². The van der Waals surface area contributed by atoms with Gasteiger partial charge < -0.3 is 5.32 Å². The zero-order valence-electron chi connectivity index (χ0n) is 7.77. The number of aryl methyl sites for hydroxylation is 1. The Hall–Kier alpha value is -1.40. The first-order chi connectivity index (χ1) is 7.15. The van der Waals surface area contributed by atoms with Crippen LogP contribution in [-0.4, -0.2) is 20.0 Å². The maximum Gasteiger partial charge on any atom is 0.264 e. The van der Waals surface area contributed by atoms with Crippen molar-refractivity contribution in [1.82, 2.24) is 14.8 Å². The molecule has 0 spiro atoms. The van der Waals surface area contributed by atoms with Gasteiger partial charge in [-0.1, -0.05) is 11.3 Å². The quantitative estimate of drug-likeness (QED) is 0.837. The monoisotopic (exact) mass is 242 g/mol. The van der Waals surface area contributed by atoms with Gasteiger partial charge in [-0.15, -0.1) is 0 Å². The number of hydrogen-bond donors (Lipinski definition) is 1. The molecule has 0 atom stereocenters. The van der Waals surface area contributed by atoms with Crippen molar-refractivity contribution in [3.63, 3.8) is 0 Å². The summed E-state index contributed by atoms with van der Waals surface area (Å²) in [4.78, 5) is 15.2. The third-order valence-electron chi connectivity index (χ3n) is 1.65. The number of anilines is 2. The molecule has 0 saturated carbocycles. The molecule has 0 aliphatic rings. The highest BCUT2D eigenvalue weighted by atomic mass is 35.5. The van der Waals surface area contributed by atoms with Crippen molar-refractivity contribution in [2.24, 2.45) is 7.05 Å². The fourth-order valence-corrected chi connectivity index (χ4v) is 1.83. The number of nitrogens with zero attached hydrogens (tertiary/aromatic N) is 3. The fraction of sp³-hybridized carbons (Fsp3) is 0.125. The van der Waals surface area contributed by atoms with E-state index in [1.807, 2.05) is 19.3 Å². The molecule has 0 unspecified atom stereocenters. The van der Waals surface area contributed by atoms with E-state index in [0.717, 1.165) is 0 Å². The van der Waals surface area contributed by atoms with E-state index in [-0.39, 0.29) is 0 Å². The summed E-state index contributed by atoms with van der Waals surface area (Å²) in [6.45, 7) is 0. The molecule has 2 rings (SSSR count). The first-order valence-electron chi connectivity index (χ1n) is 4.07. The standard InChI is InChI=1S/C8H7ClN4OS/c1-13-3-2-6(12-13)11-8-10-4-5(15-8)7(9)14/h2-4H,1H3,(H,10,11,12). The van der Waals surface area contributed by atoms with Crippen LogP contribution in [0.25, 0.3) is 0 Å². The second-order valence-corrected chi connectivity index (χ2v) is 4.18. The van der Waals surface area contributed by atoms with Crippen LogP contribution in [0, 0.1) is 0 Å². The Morgan fingerprint density at radius 2 is 2.47 bits per heavy atom. The molecule has 0 radical (unpaired) electrons. The zero-order chi connectivity index (χ0) is 10.8. The summed E-state index contributed by atoms with van der Waals surface area (Å²) in [7, 11) is 1.82. The van der Waals surface area contributed by atoms with Crippen LogP contribution in [0.4, 0.5) is 10.9 Å². The predicted molar refractivity (Wildman–Crippen MR) is 58.8 cm³/mol. The molecule has 15 heavy (non-hydrogen) atoms. The van der Waals surface area contributed by atoms with Crippen LogP contribution in [0.3, 0.4) is 0 Å². The molecule has 0 aromatic carbocycles. The van der Waals surface area contributed by atoms with Crippen molar-refractivity contribution in [2.75, 3.05) is 5.32 Å². The first-order valence-corrected chi connectivity index (χ1v) is 5.27. The summed E-state index contributed by atoms with van der Waals surface area (Å²) in [6.07, 6.45) is 3.24. The third kappa shape index (κ3) is 2.34. The van der Waals surface area contributed by atoms with E-state index in [4.69, 9.17) is 11.6 Å². The lowest BCUT2D eigenvalue weighted by Crippen LogP contribution is -1.92. The summed E-state index contributed by atoms with van der Waals surface area (Å²) in [6, 6.07) is 1.81. The SMILES string of the molecule is Cn1ccc(Nc2ncc(C(=O)Cl)s2)n1. The Morgan fingerprint density at radius 1 is 1.67 bits per heavy atom. The second-order valence-electron chi connectivity index (χ2n) is 2.80. The number of thiazole rings is 1. The van der Waals surface area contributed by atoms with Crippen LogP contribution in [0.2, 0.25) is 0 Å². The summed E-state index contributed by atoms with van der Waals surface area (Å²) >= 11 is 6.50. The number of hydrogen-bond acceptors (Lipinski definition) is 5. The van der Waals surface area contributed by atoms with Crippen LogP contribution in [-0.2, 0) is 7.05 Å². The van der Waals surface area contributed by atoms with Crippen LogP contribution in [0.5, 0.6) is 0 Å². The van der Waals surface area contributed by atoms with E-state index in [0.29, 0.717) is 15.8 Å². The largest absolute Gasteiger partial charge is 0.315 e. The summed E-state index contributed by atoms with van der Waals surface area (Å²) in [5.74, 6) is 0.681. The van der Waals surface area contributed by atoms with E-state index < -0.39 is 5.24 Å². The Kier molecular flexibility index (Phi) is 2.70. The molecule has 0 fully saturated rings. The van der Waals surface area contributed by atoms with Gasteiger partial charge in [0, 0.05) is 19.3 Å². The molecule has 1 N–H and O–H groups in total. The molecule has 78 valence electrons. The van der Waals surface area contributed by atoms with Gasteiger partial charge in [-0.3, -0.25) is 9.48 Å². The van der Waals surface area contributed by atoms with Gasteiger partial charge in [0.15, 0.2) is 10.9 Å². The molecule has 5 nitrogen and oxygen atoms in total. The molecular formula is C8H7ClN4OS. The summed E-state index contributed by atoms with van der Waals surface area (Å²) in [5.41, 5.74) is 0. The number of nitrogens with one attached hydrogen (secondary N) is 1. The highest BCUT2D eigenvalue weighted by Crippen LogP contribution is 2.22. The van der Waals surface area contributed by atoms with Gasteiger partial charge in [0.1, 0.15) is 4.88 Å². The fourth-order valence-electron chi connectivity index (χ4n) is 1.01. The van der Waals surface area contributed by atoms with Gasteiger partial charge in [-0.05, 0) is 11.6 Å². The van der Waals surface area contributed by atoms with Gasteiger partial charge in [0.2, 0.25) is 0 Å². The van der Waals surface area contributed by atoms with Crippen LogP contribution < -0.4 is 5.32 Å². The molecule has 0 bridgehead atoms. The number of carbonyl (C=O) groups is 1. The minimum Gasteiger partial charge on any atom is -0.315 e. The maximum atomic E-state index is 10.8. The zero-order valence-corrected chi connectivity index (χ0v) is 9.34. The molecular weight excluding hydrogens is 236 g/mol. The predicted octanol–water partition coefficient (Wildman–Crippen LogP) is 2.00. The normalized spacial score (nSPS) is 10.3. The van der Waals surface area contributed by atoms with E-state index in [1.165, 1.54) is 17.5 Å². The Labute approximate surface area is 94.7 Å². The molecule has 2 heterocycles. The van der Waals surface area contributed by atoms with E-state index in [9.17, 15) is 4.79 Å². The third-order valence-corrected chi connectivity index (χ3v) is 2.88. The van der Waals surface area contributed by atoms with E-state index >= 15 is 0 Å². The number of aromatic nitrogens is 3. The smallest absolute Gasteiger partial charge is 0.264 e. The Morgan fingerprint density at radius 3 is 3.00 bits per heavy atom. The Balaban J connectivity index is 2.14. The molecule has 2 aromatic heterocycles. The van der Waals surface area contributed by atoms with Crippen molar-refractivity contribution < 1.29 is 4.79 Å². The van der Waals surface area contributed by atoms with Crippen molar-refractivity contribution >= 4 is 39.1 Å². The highest BCUT2D eigenvalue weighted by Gasteiger charge is 2.08. The summed E-state index contributed by atoms with van der Waals surface area (Å²) < 4.78 is 1.67. The number of rotatable bonds is 3. The number of carbonyl (C=O) groups excluding carboxylic acids is 1. The van der Waals surface area contributed by atoms with E-state index in [2.05, 4.69) is 15.4 Å². The average Bonchev–Trinajstić information content (AvgIpc) is 2.76.